The summed E-state index contributed by atoms with van der Waals surface area (Å²) in [6.07, 6.45) is 1.92. The highest BCUT2D eigenvalue weighted by Crippen LogP contribution is 2.36. The number of fused-ring (bicyclic) bond motifs is 1. The average molecular weight is 302 g/mol. The predicted octanol–water partition coefficient (Wildman–Crippen LogP) is 3.95. The topological polar surface area (TPSA) is 35.2 Å². The smallest absolute Gasteiger partial charge is 0.137 e. The molecule has 0 amide bonds. The minimum atomic E-state index is 0.138. The van der Waals surface area contributed by atoms with Crippen LogP contribution in [0.2, 0.25) is 5.02 Å². The van der Waals surface area contributed by atoms with Gasteiger partial charge in [-0.25, -0.2) is 0 Å². The molecule has 0 spiro atoms. The normalized spacial score (nSPS) is 17.8. The second-order valence-electron chi connectivity index (χ2n) is 5.86. The van der Waals surface area contributed by atoms with Crippen molar-refractivity contribution in [2.45, 2.75) is 31.7 Å². The van der Waals surface area contributed by atoms with Crippen LogP contribution in [0, 0.1) is 0 Å². The Morgan fingerprint density at radius 2 is 2.10 bits per heavy atom. The van der Waals surface area contributed by atoms with Crippen LogP contribution in [-0.2, 0) is 12.8 Å². The SMILES string of the molecule is CC(N)Cc1ccc(OCC2Cc3ccccc32)c(Cl)c1. The van der Waals surface area contributed by atoms with E-state index in [0.717, 1.165) is 24.2 Å². The molecule has 3 heteroatoms. The maximum absolute atomic E-state index is 6.29. The quantitative estimate of drug-likeness (QED) is 0.907. The van der Waals surface area contributed by atoms with E-state index in [1.54, 1.807) is 0 Å². The summed E-state index contributed by atoms with van der Waals surface area (Å²) >= 11 is 6.29. The lowest BCUT2D eigenvalue weighted by Crippen LogP contribution is -2.23. The summed E-state index contributed by atoms with van der Waals surface area (Å²) in [5.74, 6) is 1.25. The fourth-order valence-electron chi connectivity index (χ4n) is 2.86. The monoisotopic (exact) mass is 301 g/mol. The summed E-state index contributed by atoms with van der Waals surface area (Å²) in [4.78, 5) is 0. The van der Waals surface area contributed by atoms with Crippen molar-refractivity contribution in [3.05, 3.63) is 64.2 Å². The zero-order valence-electron chi connectivity index (χ0n) is 12.2. The van der Waals surface area contributed by atoms with Crippen molar-refractivity contribution in [3.8, 4) is 5.75 Å². The first-order valence-electron chi connectivity index (χ1n) is 7.38. The molecule has 2 atom stereocenters. The van der Waals surface area contributed by atoms with Gasteiger partial charge in [-0.15, -0.1) is 0 Å². The summed E-state index contributed by atoms with van der Waals surface area (Å²) in [6.45, 7) is 2.68. The summed E-state index contributed by atoms with van der Waals surface area (Å²) in [7, 11) is 0. The lowest BCUT2D eigenvalue weighted by atomic mass is 9.78. The van der Waals surface area contributed by atoms with Gasteiger partial charge in [0.15, 0.2) is 0 Å². The number of rotatable bonds is 5. The molecule has 1 aliphatic carbocycles. The Hall–Kier alpha value is -1.51. The van der Waals surface area contributed by atoms with Crippen LogP contribution in [0.25, 0.3) is 0 Å². The molecule has 0 saturated carbocycles. The first-order valence-corrected chi connectivity index (χ1v) is 7.76. The maximum atomic E-state index is 6.29. The van der Waals surface area contributed by atoms with Gasteiger partial charge in [0.05, 0.1) is 11.6 Å². The van der Waals surface area contributed by atoms with E-state index in [1.165, 1.54) is 11.1 Å². The van der Waals surface area contributed by atoms with Gasteiger partial charge >= 0.3 is 0 Å². The van der Waals surface area contributed by atoms with Crippen molar-refractivity contribution in [2.24, 2.45) is 5.73 Å². The summed E-state index contributed by atoms with van der Waals surface area (Å²) in [5, 5.41) is 0.667. The Balaban J connectivity index is 1.62. The number of hydrogen-bond acceptors (Lipinski definition) is 2. The molecule has 3 rings (SSSR count). The molecule has 1 aliphatic rings. The maximum Gasteiger partial charge on any atom is 0.137 e. The van der Waals surface area contributed by atoms with Crippen LogP contribution in [0.1, 0.15) is 29.5 Å². The van der Waals surface area contributed by atoms with Gasteiger partial charge in [-0.2, -0.15) is 0 Å². The van der Waals surface area contributed by atoms with Gasteiger partial charge in [0.1, 0.15) is 5.75 Å². The van der Waals surface area contributed by atoms with E-state index in [4.69, 9.17) is 22.1 Å². The number of benzene rings is 2. The molecule has 110 valence electrons. The van der Waals surface area contributed by atoms with Crippen LogP contribution >= 0.6 is 11.6 Å². The summed E-state index contributed by atoms with van der Waals surface area (Å²) in [5.41, 5.74) is 9.80. The summed E-state index contributed by atoms with van der Waals surface area (Å²) in [6, 6.07) is 14.6. The molecule has 2 nitrogen and oxygen atoms in total. The lowest BCUT2D eigenvalue weighted by molar-refractivity contribution is 0.275. The molecule has 2 aromatic rings. The van der Waals surface area contributed by atoms with Crippen molar-refractivity contribution in [1.29, 1.82) is 0 Å². The van der Waals surface area contributed by atoms with Gasteiger partial charge in [0, 0.05) is 12.0 Å². The van der Waals surface area contributed by atoms with Crippen LogP contribution < -0.4 is 10.5 Å². The van der Waals surface area contributed by atoms with Gasteiger partial charge in [-0.3, -0.25) is 0 Å². The fraction of sp³-hybridized carbons (Fsp3) is 0.333. The van der Waals surface area contributed by atoms with Crippen LogP contribution in [0.3, 0.4) is 0 Å². The van der Waals surface area contributed by atoms with E-state index < -0.39 is 0 Å². The first-order chi connectivity index (χ1) is 10.1. The van der Waals surface area contributed by atoms with E-state index in [1.807, 2.05) is 25.1 Å². The van der Waals surface area contributed by atoms with Gasteiger partial charge in [-0.05, 0) is 48.6 Å². The third kappa shape index (κ3) is 3.22. The third-order valence-corrected chi connectivity index (χ3v) is 4.25. The Morgan fingerprint density at radius 1 is 1.29 bits per heavy atom. The molecule has 0 fully saturated rings. The largest absolute Gasteiger partial charge is 0.491 e. The number of halogens is 1. The molecule has 2 unspecified atom stereocenters. The van der Waals surface area contributed by atoms with Crippen LogP contribution in [0.15, 0.2) is 42.5 Å². The highest BCUT2D eigenvalue weighted by molar-refractivity contribution is 6.32. The van der Waals surface area contributed by atoms with E-state index in [9.17, 15) is 0 Å². The van der Waals surface area contributed by atoms with Crippen LogP contribution in [0.5, 0.6) is 5.75 Å². The zero-order valence-corrected chi connectivity index (χ0v) is 12.9. The second-order valence-corrected chi connectivity index (χ2v) is 6.26. The van der Waals surface area contributed by atoms with E-state index in [-0.39, 0.29) is 6.04 Å². The molecular formula is C18H20ClNO. The molecule has 0 aromatic heterocycles. The predicted molar refractivity (Wildman–Crippen MR) is 87.2 cm³/mol. The molecular weight excluding hydrogens is 282 g/mol. The molecule has 0 radical (unpaired) electrons. The van der Waals surface area contributed by atoms with Gasteiger partial charge in [-0.1, -0.05) is 41.9 Å². The Kier molecular flexibility index (Phi) is 4.18. The summed E-state index contributed by atoms with van der Waals surface area (Å²) < 4.78 is 5.89. The molecule has 21 heavy (non-hydrogen) atoms. The minimum Gasteiger partial charge on any atom is -0.491 e. The Morgan fingerprint density at radius 3 is 2.81 bits per heavy atom. The van der Waals surface area contributed by atoms with Crippen molar-refractivity contribution in [2.75, 3.05) is 6.61 Å². The Bertz CT molecular complexity index is 639. The third-order valence-electron chi connectivity index (χ3n) is 3.96. The van der Waals surface area contributed by atoms with E-state index in [2.05, 4.69) is 24.3 Å². The highest BCUT2D eigenvalue weighted by atomic mass is 35.5. The standard InChI is InChI=1S/C18H20ClNO/c1-12(20)8-13-6-7-18(17(19)9-13)21-11-15-10-14-4-2-3-5-16(14)15/h2-7,9,12,15H,8,10-11,20H2,1H3. The molecule has 2 aromatic carbocycles. The average Bonchev–Trinajstić information content (AvgIpc) is 2.41. The van der Waals surface area contributed by atoms with E-state index in [0.29, 0.717) is 17.5 Å². The first kappa shape index (κ1) is 14.4. The van der Waals surface area contributed by atoms with Crippen molar-refractivity contribution in [1.82, 2.24) is 0 Å². The second kappa shape index (κ2) is 6.08. The van der Waals surface area contributed by atoms with Gasteiger partial charge in [0.2, 0.25) is 0 Å². The van der Waals surface area contributed by atoms with Gasteiger partial charge in [0.25, 0.3) is 0 Å². The van der Waals surface area contributed by atoms with E-state index >= 15 is 0 Å². The fourth-order valence-corrected chi connectivity index (χ4v) is 3.12. The number of ether oxygens (including phenoxy) is 1. The number of nitrogens with two attached hydrogens (primary N) is 1. The molecule has 0 heterocycles. The molecule has 2 N–H and O–H groups in total. The molecule has 0 saturated heterocycles. The van der Waals surface area contributed by atoms with Crippen molar-refractivity contribution >= 4 is 11.6 Å². The van der Waals surface area contributed by atoms with Crippen molar-refractivity contribution < 1.29 is 4.74 Å². The van der Waals surface area contributed by atoms with Crippen LogP contribution in [0.4, 0.5) is 0 Å². The zero-order chi connectivity index (χ0) is 14.8. The van der Waals surface area contributed by atoms with Crippen molar-refractivity contribution in [3.63, 3.8) is 0 Å². The molecule has 0 bridgehead atoms. The van der Waals surface area contributed by atoms with Gasteiger partial charge < -0.3 is 10.5 Å². The number of hydrogen-bond donors (Lipinski definition) is 1. The molecule has 0 aliphatic heterocycles. The Labute approximate surface area is 130 Å². The highest BCUT2D eigenvalue weighted by Gasteiger charge is 2.26. The van der Waals surface area contributed by atoms with Crippen LogP contribution in [-0.4, -0.2) is 12.6 Å². The lowest BCUT2D eigenvalue weighted by Gasteiger charge is -2.30. The minimum absolute atomic E-state index is 0.138.